The molecule has 0 heterocycles. The Bertz CT molecular complexity index is 745. The Kier molecular flexibility index (Phi) is 6.78. The third kappa shape index (κ3) is 5.09. The Hall–Kier alpha value is -2.82. The van der Waals surface area contributed by atoms with Crippen molar-refractivity contribution in [3.05, 3.63) is 64.7 Å². The second-order valence-corrected chi connectivity index (χ2v) is 6.49. The van der Waals surface area contributed by atoms with Gasteiger partial charge in [0.25, 0.3) is 0 Å². The minimum absolute atomic E-state index is 0.0113. The lowest BCUT2D eigenvalue weighted by Crippen LogP contribution is -2.21. The molecule has 5 nitrogen and oxygen atoms in total. The monoisotopic (exact) mass is 353 g/mol. The average molecular weight is 353 g/mol. The predicted octanol–water partition coefficient (Wildman–Crippen LogP) is 4.11. The van der Waals surface area contributed by atoms with Crippen LogP contribution in [0.3, 0.4) is 0 Å². The number of hydrogen-bond donors (Lipinski definition) is 4. The lowest BCUT2D eigenvalue weighted by atomic mass is 9.96. The van der Waals surface area contributed by atoms with Gasteiger partial charge in [0, 0.05) is 11.3 Å². The highest BCUT2D eigenvalue weighted by atomic mass is 16.4. The molecular formula is C21H27N3O2. The molecule has 0 aromatic heterocycles. The number of nitrogens with one attached hydrogen (secondary N) is 2. The van der Waals surface area contributed by atoms with Crippen molar-refractivity contribution < 1.29 is 9.90 Å². The fourth-order valence-electron chi connectivity index (χ4n) is 3.02. The Morgan fingerprint density at radius 1 is 1.08 bits per heavy atom. The molecule has 0 amide bonds. The van der Waals surface area contributed by atoms with Crippen LogP contribution in [0.4, 0.5) is 5.69 Å². The van der Waals surface area contributed by atoms with E-state index in [0.717, 1.165) is 31.2 Å². The second kappa shape index (κ2) is 9.04. The van der Waals surface area contributed by atoms with E-state index in [2.05, 4.69) is 25.2 Å². The summed E-state index contributed by atoms with van der Waals surface area (Å²) in [6.07, 6.45) is 3.91. The van der Waals surface area contributed by atoms with Crippen LogP contribution in [-0.4, -0.2) is 16.9 Å². The van der Waals surface area contributed by atoms with E-state index in [0.29, 0.717) is 11.3 Å². The largest absolute Gasteiger partial charge is 0.479 e. The number of aryl methyl sites for hydroxylation is 2. The Balaban J connectivity index is 2.33. The van der Waals surface area contributed by atoms with E-state index in [1.54, 1.807) is 24.3 Å². The topological polar surface area (TPSA) is 99.2 Å². The molecule has 0 aliphatic carbocycles. The molecule has 5 heteroatoms. The standard InChI is InChI=1S/C21H27N3O2/c1-3-5-14-11-15(6-4-2)13-17(12-14)19(21(25)26)24-18-9-7-16(8-10-18)20(22)23/h7-13,19,24H,3-6H2,1-2H3,(H3,22,23)(H,25,26). The molecule has 0 fully saturated rings. The summed E-state index contributed by atoms with van der Waals surface area (Å²) in [5.41, 5.74) is 9.87. The molecule has 0 radical (unpaired) electrons. The number of nitrogen functional groups attached to an aromatic ring is 1. The molecule has 2 aromatic rings. The molecule has 0 aliphatic heterocycles. The van der Waals surface area contributed by atoms with E-state index >= 15 is 0 Å². The first-order valence-electron chi connectivity index (χ1n) is 9.01. The van der Waals surface area contributed by atoms with E-state index in [1.807, 2.05) is 12.1 Å². The first-order valence-corrected chi connectivity index (χ1v) is 9.01. The molecule has 0 saturated carbocycles. The third-order valence-corrected chi connectivity index (χ3v) is 4.24. The summed E-state index contributed by atoms with van der Waals surface area (Å²) in [6.45, 7) is 4.24. The van der Waals surface area contributed by atoms with Crippen molar-refractivity contribution in [2.45, 2.75) is 45.6 Å². The van der Waals surface area contributed by atoms with Gasteiger partial charge in [-0.2, -0.15) is 0 Å². The van der Waals surface area contributed by atoms with Gasteiger partial charge in [-0.05, 0) is 53.8 Å². The highest BCUT2D eigenvalue weighted by molar-refractivity contribution is 5.95. The SMILES string of the molecule is CCCc1cc(CCC)cc(C(Nc2ccc(C(=N)N)cc2)C(=O)O)c1. The zero-order valence-corrected chi connectivity index (χ0v) is 15.4. The predicted molar refractivity (Wildman–Crippen MR) is 106 cm³/mol. The van der Waals surface area contributed by atoms with Gasteiger partial charge in [0.05, 0.1) is 0 Å². The van der Waals surface area contributed by atoms with E-state index in [1.165, 1.54) is 11.1 Å². The molecule has 1 unspecified atom stereocenters. The first-order chi connectivity index (χ1) is 12.4. The summed E-state index contributed by atoms with van der Waals surface area (Å²) < 4.78 is 0. The minimum atomic E-state index is -0.920. The number of carboxylic acids is 1. The minimum Gasteiger partial charge on any atom is -0.479 e. The molecule has 2 aromatic carbocycles. The van der Waals surface area contributed by atoms with Crippen LogP contribution in [0.15, 0.2) is 42.5 Å². The van der Waals surface area contributed by atoms with Crippen molar-refractivity contribution >= 4 is 17.5 Å². The maximum absolute atomic E-state index is 11.9. The van der Waals surface area contributed by atoms with Crippen LogP contribution in [0.25, 0.3) is 0 Å². The Morgan fingerprint density at radius 3 is 2.04 bits per heavy atom. The molecule has 5 N–H and O–H groups in total. The number of hydrogen-bond acceptors (Lipinski definition) is 3. The summed E-state index contributed by atoms with van der Waals surface area (Å²) in [7, 11) is 0. The average Bonchev–Trinajstić information content (AvgIpc) is 2.60. The van der Waals surface area contributed by atoms with Crippen LogP contribution in [0, 0.1) is 5.41 Å². The molecule has 0 aliphatic rings. The smallest absolute Gasteiger partial charge is 0.330 e. The summed E-state index contributed by atoms with van der Waals surface area (Å²) in [5.74, 6) is -0.931. The van der Waals surface area contributed by atoms with Crippen LogP contribution in [0.2, 0.25) is 0 Å². The fraction of sp³-hybridized carbons (Fsp3) is 0.333. The van der Waals surface area contributed by atoms with Crippen molar-refractivity contribution in [3.63, 3.8) is 0 Å². The van der Waals surface area contributed by atoms with Gasteiger partial charge in [-0.25, -0.2) is 4.79 Å². The fourth-order valence-corrected chi connectivity index (χ4v) is 3.02. The van der Waals surface area contributed by atoms with E-state index < -0.39 is 12.0 Å². The van der Waals surface area contributed by atoms with Crippen LogP contribution in [0.1, 0.15) is 55.0 Å². The van der Waals surface area contributed by atoms with Gasteiger partial charge in [-0.15, -0.1) is 0 Å². The van der Waals surface area contributed by atoms with Crippen LogP contribution in [0.5, 0.6) is 0 Å². The zero-order chi connectivity index (χ0) is 19.1. The van der Waals surface area contributed by atoms with E-state index in [4.69, 9.17) is 11.1 Å². The molecule has 2 rings (SSSR count). The molecular weight excluding hydrogens is 326 g/mol. The first kappa shape index (κ1) is 19.5. The highest BCUT2D eigenvalue weighted by Gasteiger charge is 2.21. The maximum atomic E-state index is 11.9. The number of anilines is 1. The van der Waals surface area contributed by atoms with Crippen molar-refractivity contribution in [1.29, 1.82) is 5.41 Å². The van der Waals surface area contributed by atoms with Crippen LogP contribution in [-0.2, 0) is 17.6 Å². The van der Waals surface area contributed by atoms with Crippen molar-refractivity contribution in [3.8, 4) is 0 Å². The molecule has 0 bridgehead atoms. The number of benzene rings is 2. The number of amidine groups is 1. The van der Waals surface area contributed by atoms with Gasteiger partial charge in [-0.3, -0.25) is 5.41 Å². The zero-order valence-electron chi connectivity index (χ0n) is 15.4. The highest BCUT2D eigenvalue weighted by Crippen LogP contribution is 2.24. The van der Waals surface area contributed by atoms with Crippen molar-refractivity contribution in [1.82, 2.24) is 0 Å². The Labute approximate surface area is 154 Å². The molecule has 138 valence electrons. The van der Waals surface area contributed by atoms with Crippen LogP contribution < -0.4 is 11.1 Å². The van der Waals surface area contributed by atoms with E-state index in [9.17, 15) is 9.90 Å². The van der Waals surface area contributed by atoms with Gasteiger partial charge in [0.2, 0.25) is 0 Å². The van der Waals surface area contributed by atoms with Crippen molar-refractivity contribution in [2.75, 3.05) is 5.32 Å². The third-order valence-electron chi connectivity index (χ3n) is 4.24. The second-order valence-electron chi connectivity index (χ2n) is 6.49. The molecule has 0 spiro atoms. The number of nitrogens with two attached hydrogens (primary N) is 1. The lowest BCUT2D eigenvalue weighted by molar-refractivity contribution is -0.138. The van der Waals surface area contributed by atoms with Gasteiger partial charge in [-0.1, -0.05) is 44.9 Å². The maximum Gasteiger partial charge on any atom is 0.330 e. The van der Waals surface area contributed by atoms with Gasteiger partial charge in [0.1, 0.15) is 5.84 Å². The lowest BCUT2D eigenvalue weighted by Gasteiger charge is -2.19. The van der Waals surface area contributed by atoms with Gasteiger partial charge >= 0.3 is 5.97 Å². The Morgan fingerprint density at radius 2 is 1.62 bits per heavy atom. The number of rotatable bonds is 9. The summed E-state index contributed by atoms with van der Waals surface area (Å²) in [5, 5.41) is 20.3. The quantitative estimate of drug-likeness (QED) is 0.402. The van der Waals surface area contributed by atoms with Gasteiger partial charge in [0.15, 0.2) is 6.04 Å². The van der Waals surface area contributed by atoms with E-state index in [-0.39, 0.29) is 5.84 Å². The van der Waals surface area contributed by atoms with Crippen molar-refractivity contribution in [2.24, 2.45) is 5.73 Å². The number of aliphatic carboxylic acids is 1. The molecule has 1 atom stereocenters. The molecule has 26 heavy (non-hydrogen) atoms. The summed E-state index contributed by atoms with van der Waals surface area (Å²) in [6, 6.07) is 12.2. The molecule has 0 saturated heterocycles. The number of carbonyl (C=O) groups is 1. The summed E-state index contributed by atoms with van der Waals surface area (Å²) in [4.78, 5) is 11.9. The normalized spacial score (nSPS) is 11.8. The summed E-state index contributed by atoms with van der Waals surface area (Å²) >= 11 is 0. The van der Waals surface area contributed by atoms with Gasteiger partial charge < -0.3 is 16.2 Å². The number of carboxylic acid groups (broad SMARTS) is 1. The van der Waals surface area contributed by atoms with Crippen LogP contribution >= 0.6 is 0 Å².